The number of benzene rings is 3. The molecule has 36 heavy (non-hydrogen) atoms. The molecule has 1 unspecified atom stereocenters. The third-order valence-corrected chi connectivity index (χ3v) is 11.8. The fraction of sp³-hybridized carbons (Fsp3) is 0.333. The average Bonchev–Trinajstić information content (AvgIpc) is 2.88. The van der Waals surface area contributed by atoms with Crippen molar-refractivity contribution in [2.45, 2.75) is 38.8 Å². The van der Waals surface area contributed by atoms with Crippen LogP contribution in [0.1, 0.15) is 32.8 Å². The minimum Gasteiger partial charge on any atom is -0.445 e. The molecule has 0 aliphatic carbocycles. The summed E-state index contributed by atoms with van der Waals surface area (Å²) in [5.74, 6) is -0.0499. The minimum atomic E-state index is -2.71. The number of ketones is 1. The maximum Gasteiger partial charge on any atom is 0.410 e. The van der Waals surface area contributed by atoms with E-state index in [9.17, 15) is 9.59 Å². The van der Waals surface area contributed by atoms with E-state index in [0.717, 1.165) is 5.56 Å². The van der Waals surface area contributed by atoms with Crippen molar-refractivity contribution in [1.29, 1.82) is 0 Å². The van der Waals surface area contributed by atoms with Crippen LogP contribution in [-0.2, 0) is 20.6 Å². The summed E-state index contributed by atoms with van der Waals surface area (Å²) in [4.78, 5) is 26.9. The minimum absolute atomic E-state index is 0.0361. The second kappa shape index (κ2) is 11.2. The van der Waals surface area contributed by atoms with Crippen LogP contribution >= 0.6 is 0 Å². The Morgan fingerprint density at radius 2 is 1.42 bits per heavy atom. The number of rotatable bonds is 7. The molecule has 0 saturated carbocycles. The second-order valence-corrected chi connectivity index (χ2v) is 14.8. The van der Waals surface area contributed by atoms with Gasteiger partial charge in [-0.25, -0.2) is 4.79 Å². The second-order valence-electron chi connectivity index (χ2n) is 10.5. The van der Waals surface area contributed by atoms with Crippen LogP contribution < -0.4 is 10.4 Å². The Kier molecular flexibility index (Phi) is 8.06. The Hall–Kier alpha value is -3.22. The molecule has 1 atom stereocenters. The molecular weight excluding hydrogens is 466 g/mol. The fourth-order valence-corrected chi connectivity index (χ4v) is 9.75. The normalized spacial score (nSPS) is 16.6. The summed E-state index contributed by atoms with van der Waals surface area (Å²) in [7, 11) is -2.71. The van der Waals surface area contributed by atoms with Gasteiger partial charge in [0, 0.05) is 25.5 Å². The van der Waals surface area contributed by atoms with Crippen LogP contribution in [0.4, 0.5) is 4.79 Å². The van der Waals surface area contributed by atoms with E-state index < -0.39 is 14.4 Å². The van der Waals surface area contributed by atoms with Gasteiger partial charge in [-0.15, -0.1) is 0 Å². The zero-order chi connectivity index (χ0) is 25.6. The molecular formula is C30H35NO4Si. The number of hydrogen-bond acceptors (Lipinski definition) is 4. The van der Waals surface area contributed by atoms with Gasteiger partial charge in [-0.3, -0.25) is 4.79 Å². The van der Waals surface area contributed by atoms with E-state index in [1.165, 1.54) is 15.3 Å². The Morgan fingerprint density at radius 3 is 1.94 bits per heavy atom. The Morgan fingerprint density at radius 1 is 0.889 bits per heavy atom. The zero-order valence-electron chi connectivity index (χ0n) is 21.4. The number of carbonyl (C=O) groups is 2. The van der Waals surface area contributed by atoms with Crippen LogP contribution in [0, 0.1) is 5.92 Å². The van der Waals surface area contributed by atoms with E-state index in [0.29, 0.717) is 19.6 Å². The third kappa shape index (κ3) is 5.77. The van der Waals surface area contributed by atoms with Crippen molar-refractivity contribution in [2.24, 2.45) is 5.92 Å². The molecule has 1 saturated heterocycles. The van der Waals surface area contributed by atoms with Gasteiger partial charge in [-0.1, -0.05) is 112 Å². The van der Waals surface area contributed by atoms with Crippen molar-refractivity contribution in [1.82, 2.24) is 4.90 Å². The Balaban J connectivity index is 1.53. The molecule has 3 aromatic rings. The molecule has 1 amide bonds. The van der Waals surface area contributed by atoms with Crippen LogP contribution in [0.25, 0.3) is 0 Å². The van der Waals surface area contributed by atoms with Crippen molar-refractivity contribution in [3.63, 3.8) is 0 Å². The topological polar surface area (TPSA) is 55.8 Å². The molecule has 0 bridgehead atoms. The molecule has 6 heteroatoms. The van der Waals surface area contributed by atoms with Gasteiger partial charge in [0.15, 0.2) is 5.78 Å². The number of ether oxygens (including phenoxy) is 1. The molecule has 0 spiro atoms. The van der Waals surface area contributed by atoms with Crippen LogP contribution in [0.2, 0.25) is 5.04 Å². The molecule has 188 valence electrons. The summed E-state index contributed by atoms with van der Waals surface area (Å²) in [6, 6.07) is 30.5. The Bertz CT molecular complexity index is 1110. The van der Waals surface area contributed by atoms with Gasteiger partial charge in [0.1, 0.15) is 6.61 Å². The van der Waals surface area contributed by atoms with Crippen molar-refractivity contribution in [3.05, 3.63) is 96.6 Å². The highest BCUT2D eigenvalue weighted by molar-refractivity contribution is 6.99. The van der Waals surface area contributed by atoms with Crippen LogP contribution in [0.3, 0.4) is 0 Å². The SMILES string of the molecule is CC(C)(C)[Si](OCC1CC(=O)CN(C(=O)OCc2ccccc2)C1)(c1ccccc1)c1ccccc1. The van der Waals surface area contributed by atoms with Crippen LogP contribution in [0.15, 0.2) is 91.0 Å². The monoisotopic (exact) mass is 501 g/mol. The van der Waals surface area contributed by atoms with E-state index in [1.54, 1.807) is 0 Å². The predicted octanol–water partition coefficient (Wildman–Crippen LogP) is 4.79. The molecule has 4 rings (SSSR count). The van der Waals surface area contributed by atoms with Crippen molar-refractivity contribution in [2.75, 3.05) is 19.7 Å². The standard InChI is InChI=1S/C30H35NO4Si/c1-30(2,3)36(27-15-9-5-10-16-27,28-17-11-6-12-18-28)35-23-25-19-26(32)21-31(20-25)29(33)34-22-24-13-7-4-8-14-24/h4-18,25H,19-23H2,1-3H3. The molecule has 5 nitrogen and oxygen atoms in total. The molecule has 0 radical (unpaired) electrons. The molecule has 1 aliphatic rings. The first-order valence-corrected chi connectivity index (χ1v) is 14.4. The third-order valence-electron chi connectivity index (χ3n) is 6.78. The first-order valence-electron chi connectivity index (χ1n) is 12.5. The molecule has 3 aromatic carbocycles. The summed E-state index contributed by atoms with van der Waals surface area (Å²) < 4.78 is 12.5. The average molecular weight is 502 g/mol. The summed E-state index contributed by atoms with van der Waals surface area (Å²) in [6.07, 6.45) is -0.0527. The van der Waals surface area contributed by atoms with Gasteiger partial charge in [-0.2, -0.15) is 0 Å². The van der Waals surface area contributed by atoms with Crippen LogP contribution in [-0.4, -0.2) is 44.8 Å². The van der Waals surface area contributed by atoms with E-state index in [-0.39, 0.29) is 29.9 Å². The van der Waals surface area contributed by atoms with E-state index in [1.807, 2.05) is 42.5 Å². The van der Waals surface area contributed by atoms with Gasteiger partial charge in [0.25, 0.3) is 8.32 Å². The maximum atomic E-state index is 12.8. The number of hydrogen-bond donors (Lipinski definition) is 0. The molecule has 0 aromatic heterocycles. The zero-order valence-corrected chi connectivity index (χ0v) is 22.4. The first kappa shape index (κ1) is 25.9. The first-order chi connectivity index (χ1) is 17.3. The number of carbonyl (C=O) groups excluding carboxylic acids is 2. The predicted molar refractivity (Wildman–Crippen MR) is 145 cm³/mol. The lowest BCUT2D eigenvalue weighted by molar-refractivity contribution is -0.123. The largest absolute Gasteiger partial charge is 0.445 e. The smallest absolute Gasteiger partial charge is 0.410 e. The molecule has 0 N–H and O–H groups in total. The lowest BCUT2D eigenvalue weighted by atomic mass is 9.98. The summed E-state index contributed by atoms with van der Waals surface area (Å²) in [5, 5.41) is 2.25. The number of nitrogens with zero attached hydrogens (tertiary/aromatic N) is 1. The summed E-state index contributed by atoms with van der Waals surface area (Å²) >= 11 is 0. The number of amides is 1. The summed E-state index contributed by atoms with van der Waals surface area (Å²) in [6.45, 7) is 7.82. The highest BCUT2D eigenvalue weighted by atomic mass is 28.4. The number of Topliss-reactive ketones (excluding diaryl/α,β-unsaturated/α-hetero) is 1. The lowest BCUT2D eigenvalue weighted by Crippen LogP contribution is -2.67. The van der Waals surface area contributed by atoms with E-state index in [4.69, 9.17) is 9.16 Å². The van der Waals surface area contributed by atoms with Gasteiger partial charge in [0.2, 0.25) is 0 Å². The maximum absolute atomic E-state index is 12.8. The van der Waals surface area contributed by atoms with Gasteiger partial charge in [0.05, 0.1) is 6.54 Å². The summed E-state index contributed by atoms with van der Waals surface area (Å²) in [5.41, 5.74) is 0.917. The Labute approximate surface area is 215 Å². The van der Waals surface area contributed by atoms with E-state index in [2.05, 4.69) is 69.3 Å². The van der Waals surface area contributed by atoms with Crippen LogP contribution in [0.5, 0.6) is 0 Å². The van der Waals surface area contributed by atoms with E-state index >= 15 is 0 Å². The van der Waals surface area contributed by atoms with Gasteiger partial charge >= 0.3 is 6.09 Å². The quantitative estimate of drug-likeness (QED) is 0.437. The van der Waals surface area contributed by atoms with Gasteiger partial charge < -0.3 is 14.1 Å². The highest BCUT2D eigenvalue weighted by Crippen LogP contribution is 2.37. The number of piperidine rings is 1. The van der Waals surface area contributed by atoms with Crippen molar-refractivity contribution in [3.8, 4) is 0 Å². The lowest BCUT2D eigenvalue weighted by Gasteiger charge is -2.44. The van der Waals surface area contributed by atoms with Crippen molar-refractivity contribution < 1.29 is 18.8 Å². The fourth-order valence-electron chi connectivity index (χ4n) is 5.11. The number of likely N-dealkylation sites (tertiary alicyclic amines) is 1. The molecule has 1 aliphatic heterocycles. The highest BCUT2D eigenvalue weighted by Gasteiger charge is 2.50. The van der Waals surface area contributed by atoms with Crippen molar-refractivity contribution >= 4 is 30.6 Å². The van der Waals surface area contributed by atoms with Gasteiger partial charge in [-0.05, 0) is 21.0 Å². The molecule has 1 fully saturated rings. The molecule has 1 heterocycles.